The molecule has 14 heavy (non-hydrogen) atoms. The Kier molecular flexibility index (Phi) is 2.34. The van der Waals surface area contributed by atoms with Gasteiger partial charge in [-0.05, 0) is 0 Å². The highest BCUT2D eigenvalue weighted by Gasteiger charge is 2.56. The van der Waals surface area contributed by atoms with Gasteiger partial charge in [-0.15, -0.1) is 4.91 Å². The molecule has 0 aromatic heterocycles. The van der Waals surface area contributed by atoms with Crippen molar-refractivity contribution in [2.24, 2.45) is 22.9 Å². The Morgan fingerprint density at radius 3 is 2.36 bits per heavy atom. The Hall–Kier alpha value is -1.21. The predicted molar refractivity (Wildman–Crippen MR) is 44.8 cm³/mol. The molecular weight excluding hydrogens is 190 g/mol. The summed E-state index contributed by atoms with van der Waals surface area (Å²) in [5.41, 5.74) is 4.99. The van der Waals surface area contributed by atoms with Crippen LogP contribution < -0.4 is 5.73 Å². The zero-order chi connectivity index (χ0) is 10.1. The standard InChI is InChI=1S/C7H11N3O4/c8-7(11)10(9-12)6-4-1-13-3-14-2-5(4)6/h4-6H,1-3H2,(H2,8,11)/t4-,5+,6?. The number of ether oxygens (including phenoxy) is 2. The number of hydrogen-bond donors (Lipinski definition) is 1. The summed E-state index contributed by atoms with van der Waals surface area (Å²) < 4.78 is 10.2. The maximum absolute atomic E-state index is 10.8. The molecule has 1 aliphatic carbocycles. The molecular formula is C7H11N3O4. The average molecular weight is 201 g/mol. The largest absolute Gasteiger partial charge is 0.355 e. The van der Waals surface area contributed by atoms with Crippen molar-refractivity contribution in [3.63, 3.8) is 0 Å². The number of carbonyl (C=O) groups excluding carboxylic acids is 1. The second-order valence-corrected chi connectivity index (χ2v) is 3.44. The third-order valence-corrected chi connectivity index (χ3v) is 2.67. The molecule has 7 heteroatoms. The van der Waals surface area contributed by atoms with Gasteiger partial charge in [-0.3, -0.25) is 0 Å². The van der Waals surface area contributed by atoms with Crippen LogP contribution >= 0.6 is 0 Å². The van der Waals surface area contributed by atoms with Crippen molar-refractivity contribution in [2.45, 2.75) is 6.04 Å². The van der Waals surface area contributed by atoms with Crippen molar-refractivity contribution in [1.29, 1.82) is 0 Å². The topological polar surface area (TPSA) is 94.2 Å². The van der Waals surface area contributed by atoms with Gasteiger partial charge in [0.1, 0.15) is 6.79 Å². The first-order chi connectivity index (χ1) is 6.75. The molecule has 2 amide bonds. The number of amides is 2. The quantitative estimate of drug-likeness (QED) is 0.488. The molecule has 1 saturated heterocycles. The Balaban J connectivity index is 2.00. The molecule has 0 spiro atoms. The van der Waals surface area contributed by atoms with Gasteiger partial charge in [0.2, 0.25) is 0 Å². The Labute approximate surface area is 80.1 Å². The lowest BCUT2D eigenvalue weighted by atomic mass is 10.3. The fourth-order valence-corrected chi connectivity index (χ4v) is 1.90. The normalized spacial score (nSPS) is 35.3. The van der Waals surface area contributed by atoms with E-state index in [9.17, 15) is 9.70 Å². The minimum atomic E-state index is -0.821. The van der Waals surface area contributed by atoms with Gasteiger partial charge in [0.25, 0.3) is 0 Å². The van der Waals surface area contributed by atoms with E-state index in [1.54, 1.807) is 0 Å². The second-order valence-electron chi connectivity index (χ2n) is 3.44. The smallest absolute Gasteiger partial charge is 0.338 e. The van der Waals surface area contributed by atoms with Crippen LogP contribution in [-0.4, -0.2) is 37.1 Å². The second kappa shape index (κ2) is 3.50. The lowest BCUT2D eigenvalue weighted by molar-refractivity contribution is -0.0466. The van der Waals surface area contributed by atoms with Crippen molar-refractivity contribution in [2.75, 3.05) is 20.0 Å². The van der Waals surface area contributed by atoms with Gasteiger partial charge in [0.15, 0.2) is 0 Å². The maximum Gasteiger partial charge on any atom is 0.338 e. The highest BCUT2D eigenvalue weighted by atomic mass is 16.7. The zero-order valence-corrected chi connectivity index (χ0v) is 7.46. The SMILES string of the molecule is NC(=O)N(N=O)C1[C@H]2COCOC[C@@H]12. The number of rotatable bonds is 2. The number of hydrogen-bond acceptors (Lipinski definition) is 5. The maximum atomic E-state index is 10.8. The summed E-state index contributed by atoms with van der Waals surface area (Å²) in [4.78, 5) is 21.2. The Morgan fingerprint density at radius 2 is 1.93 bits per heavy atom. The number of nitroso groups, excluding NO2 is 1. The van der Waals surface area contributed by atoms with Crippen molar-refractivity contribution in [1.82, 2.24) is 5.01 Å². The van der Waals surface area contributed by atoms with Gasteiger partial charge in [0.05, 0.1) is 24.5 Å². The minimum absolute atomic E-state index is 0.127. The van der Waals surface area contributed by atoms with Crippen molar-refractivity contribution >= 4 is 6.03 Å². The first kappa shape index (κ1) is 9.35. The predicted octanol–water partition coefficient (Wildman–Crippen LogP) is -0.333. The number of primary amides is 1. The summed E-state index contributed by atoms with van der Waals surface area (Å²) in [5.74, 6) is 0.255. The number of nitrogens with zero attached hydrogens (tertiary/aromatic N) is 2. The third kappa shape index (κ3) is 1.44. The lowest BCUT2D eigenvalue weighted by Gasteiger charge is -2.11. The van der Waals surface area contributed by atoms with Crippen molar-refractivity contribution in [3.8, 4) is 0 Å². The molecule has 3 atom stereocenters. The minimum Gasteiger partial charge on any atom is -0.355 e. The van der Waals surface area contributed by atoms with E-state index in [2.05, 4.69) is 5.29 Å². The van der Waals surface area contributed by atoms with E-state index in [4.69, 9.17) is 15.2 Å². The van der Waals surface area contributed by atoms with E-state index in [0.717, 1.165) is 5.01 Å². The van der Waals surface area contributed by atoms with E-state index < -0.39 is 6.03 Å². The van der Waals surface area contributed by atoms with Crippen LogP contribution in [0.3, 0.4) is 0 Å². The van der Waals surface area contributed by atoms with Crippen LogP contribution in [0.15, 0.2) is 5.29 Å². The van der Waals surface area contributed by atoms with Crippen LogP contribution in [-0.2, 0) is 9.47 Å². The molecule has 1 unspecified atom stereocenters. The van der Waals surface area contributed by atoms with Gasteiger partial charge >= 0.3 is 6.03 Å². The monoisotopic (exact) mass is 201 g/mol. The van der Waals surface area contributed by atoms with Crippen LogP contribution in [0.4, 0.5) is 4.79 Å². The summed E-state index contributed by atoms with van der Waals surface area (Å²) in [5, 5.41) is 3.37. The molecule has 2 rings (SSSR count). The van der Waals surface area contributed by atoms with Crippen LogP contribution in [0.25, 0.3) is 0 Å². The first-order valence-electron chi connectivity index (χ1n) is 4.33. The highest BCUT2D eigenvalue weighted by Crippen LogP contribution is 2.44. The molecule has 1 aliphatic heterocycles. The Morgan fingerprint density at radius 1 is 1.36 bits per heavy atom. The van der Waals surface area contributed by atoms with Crippen molar-refractivity contribution in [3.05, 3.63) is 4.91 Å². The van der Waals surface area contributed by atoms with E-state index >= 15 is 0 Å². The molecule has 1 saturated carbocycles. The molecule has 2 N–H and O–H groups in total. The summed E-state index contributed by atoms with van der Waals surface area (Å²) >= 11 is 0. The summed E-state index contributed by atoms with van der Waals surface area (Å²) in [6, 6.07) is -1.07. The number of carbonyl (C=O) groups is 1. The third-order valence-electron chi connectivity index (χ3n) is 2.67. The van der Waals surface area contributed by atoms with Gasteiger partial charge in [-0.2, -0.15) is 5.01 Å². The van der Waals surface area contributed by atoms with E-state index in [1.807, 2.05) is 0 Å². The van der Waals surface area contributed by atoms with Crippen LogP contribution in [0.2, 0.25) is 0 Å². The van der Waals surface area contributed by atoms with E-state index in [0.29, 0.717) is 13.2 Å². The van der Waals surface area contributed by atoms with Gasteiger partial charge in [0, 0.05) is 11.8 Å². The lowest BCUT2D eigenvalue weighted by Crippen LogP contribution is -2.35. The zero-order valence-electron chi connectivity index (χ0n) is 7.46. The van der Waals surface area contributed by atoms with Gasteiger partial charge in [-0.1, -0.05) is 0 Å². The Bertz CT molecular complexity index is 247. The van der Waals surface area contributed by atoms with Gasteiger partial charge < -0.3 is 15.2 Å². The number of urea groups is 1. The van der Waals surface area contributed by atoms with E-state index in [1.165, 1.54) is 0 Å². The van der Waals surface area contributed by atoms with Crippen LogP contribution in [0.5, 0.6) is 0 Å². The average Bonchev–Trinajstić information content (AvgIpc) is 2.82. The number of nitrogens with two attached hydrogens (primary N) is 1. The van der Waals surface area contributed by atoms with E-state index in [-0.39, 0.29) is 24.7 Å². The molecule has 0 aromatic rings. The molecule has 0 radical (unpaired) electrons. The molecule has 2 fully saturated rings. The first-order valence-corrected chi connectivity index (χ1v) is 4.33. The molecule has 0 aromatic carbocycles. The summed E-state index contributed by atoms with van der Waals surface area (Å²) in [7, 11) is 0. The molecule has 78 valence electrons. The summed E-state index contributed by atoms with van der Waals surface area (Å²) in [6.07, 6.45) is 0. The molecule has 7 nitrogen and oxygen atoms in total. The fraction of sp³-hybridized carbons (Fsp3) is 0.857. The molecule has 0 bridgehead atoms. The highest BCUT2D eigenvalue weighted by molar-refractivity contribution is 5.72. The number of fused-ring (bicyclic) bond motifs is 1. The van der Waals surface area contributed by atoms with Crippen LogP contribution in [0, 0.1) is 16.7 Å². The van der Waals surface area contributed by atoms with Gasteiger partial charge in [-0.25, -0.2) is 4.79 Å². The summed E-state index contributed by atoms with van der Waals surface area (Å²) in [6.45, 7) is 1.23. The molecule has 2 aliphatic rings. The fourth-order valence-electron chi connectivity index (χ4n) is 1.90. The van der Waals surface area contributed by atoms with Crippen molar-refractivity contribution < 1.29 is 14.3 Å². The van der Waals surface area contributed by atoms with Crippen LogP contribution in [0.1, 0.15) is 0 Å². The molecule has 1 heterocycles.